The minimum Gasteiger partial charge on any atom is -0.324 e. The summed E-state index contributed by atoms with van der Waals surface area (Å²) in [6, 6.07) is 0.307. The fraction of sp³-hybridized carbons (Fsp3) is 0.667. The molecular weight excluding hydrogens is 158 g/mol. The van der Waals surface area contributed by atoms with Crippen LogP contribution in [0.15, 0.2) is 23.3 Å². The SMILES string of the molecule is C/C=C\C1=C(CC)CCC1N.CC. The first-order valence-electron chi connectivity index (χ1n) is 5.39. The highest BCUT2D eigenvalue weighted by Gasteiger charge is 2.18. The van der Waals surface area contributed by atoms with E-state index in [9.17, 15) is 0 Å². The zero-order chi connectivity index (χ0) is 10.3. The van der Waals surface area contributed by atoms with Crippen molar-refractivity contribution in [1.82, 2.24) is 0 Å². The molecule has 1 heteroatoms. The Balaban J connectivity index is 0.000000671. The fourth-order valence-electron chi connectivity index (χ4n) is 1.69. The van der Waals surface area contributed by atoms with Crippen molar-refractivity contribution < 1.29 is 0 Å². The molecule has 13 heavy (non-hydrogen) atoms. The van der Waals surface area contributed by atoms with E-state index < -0.39 is 0 Å². The van der Waals surface area contributed by atoms with Crippen molar-refractivity contribution >= 4 is 0 Å². The molecule has 1 nitrogen and oxygen atoms in total. The number of nitrogens with two attached hydrogens (primary N) is 1. The van der Waals surface area contributed by atoms with Gasteiger partial charge in [0.1, 0.15) is 0 Å². The van der Waals surface area contributed by atoms with Crippen LogP contribution in [0.3, 0.4) is 0 Å². The predicted molar refractivity (Wildman–Crippen MR) is 60.7 cm³/mol. The van der Waals surface area contributed by atoms with Gasteiger partial charge in [-0.05, 0) is 31.8 Å². The Morgan fingerprint density at radius 1 is 1.46 bits per heavy atom. The first-order chi connectivity index (χ1) is 6.29. The molecule has 0 aromatic carbocycles. The van der Waals surface area contributed by atoms with E-state index in [0.29, 0.717) is 6.04 Å². The molecule has 0 radical (unpaired) electrons. The van der Waals surface area contributed by atoms with E-state index in [1.54, 1.807) is 5.57 Å². The Labute approximate surface area is 82.7 Å². The number of allylic oxidation sites excluding steroid dienone is 2. The van der Waals surface area contributed by atoms with Gasteiger partial charge in [0.15, 0.2) is 0 Å². The quantitative estimate of drug-likeness (QED) is 0.694. The summed E-state index contributed by atoms with van der Waals surface area (Å²) in [5.74, 6) is 0. The van der Waals surface area contributed by atoms with Crippen molar-refractivity contribution in [2.75, 3.05) is 0 Å². The maximum atomic E-state index is 5.92. The van der Waals surface area contributed by atoms with Crippen LogP contribution in [0.25, 0.3) is 0 Å². The minimum absolute atomic E-state index is 0.307. The highest BCUT2D eigenvalue weighted by Crippen LogP contribution is 2.27. The first kappa shape index (κ1) is 12.4. The summed E-state index contributed by atoms with van der Waals surface area (Å²) in [4.78, 5) is 0. The fourth-order valence-corrected chi connectivity index (χ4v) is 1.69. The Hall–Kier alpha value is -0.560. The highest BCUT2D eigenvalue weighted by molar-refractivity contribution is 5.34. The molecule has 0 amide bonds. The summed E-state index contributed by atoms with van der Waals surface area (Å²) in [6.45, 7) is 8.25. The molecule has 0 aromatic rings. The van der Waals surface area contributed by atoms with Gasteiger partial charge in [0, 0.05) is 6.04 Å². The maximum Gasteiger partial charge on any atom is 0.0297 e. The molecule has 0 heterocycles. The van der Waals surface area contributed by atoms with Crippen LogP contribution in [0, 0.1) is 0 Å². The summed E-state index contributed by atoms with van der Waals surface area (Å²) in [6.07, 6.45) is 7.75. The summed E-state index contributed by atoms with van der Waals surface area (Å²) < 4.78 is 0. The van der Waals surface area contributed by atoms with Gasteiger partial charge in [-0.3, -0.25) is 0 Å². The molecule has 1 unspecified atom stereocenters. The number of rotatable bonds is 2. The average molecular weight is 181 g/mol. The Morgan fingerprint density at radius 3 is 2.54 bits per heavy atom. The lowest BCUT2D eigenvalue weighted by Gasteiger charge is -2.04. The van der Waals surface area contributed by atoms with Crippen molar-refractivity contribution in [3.05, 3.63) is 23.3 Å². The standard InChI is InChI=1S/C10H17N.C2H6/c1-3-5-9-8(4-2)6-7-10(9)11;1-2/h3,5,10H,4,6-7,11H2,1-2H3;1-2H3/b5-3-;. The lowest BCUT2D eigenvalue weighted by molar-refractivity contribution is 0.755. The molecule has 1 atom stereocenters. The molecular formula is C12H23N. The van der Waals surface area contributed by atoms with Crippen molar-refractivity contribution in [3.63, 3.8) is 0 Å². The molecule has 76 valence electrons. The lowest BCUT2D eigenvalue weighted by Crippen LogP contribution is -2.17. The first-order valence-corrected chi connectivity index (χ1v) is 5.39. The third kappa shape index (κ3) is 3.35. The van der Waals surface area contributed by atoms with Gasteiger partial charge in [-0.25, -0.2) is 0 Å². The third-order valence-electron chi connectivity index (χ3n) is 2.34. The van der Waals surface area contributed by atoms with Gasteiger partial charge in [-0.15, -0.1) is 0 Å². The maximum absolute atomic E-state index is 5.92. The van der Waals surface area contributed by atoms with E-state index in [2.05, 4.69) is 19.1 Å². The summed E-state index contributed by atoms with van der Waals surface area (Å²) in [7, 11) is 0. The molecule has 1 aliphatic rings. The van der Waals surface area contributed by atoms with Crippen LogP contribution in [0.2, 0.25) is 0 Å². The van der Waals surface area contributed by atoms with Crippen molar-refractivity contribution in [3.8, 4) is 0 Å². The molecule has 0 saturated carbocycles. The van der Waals surface area contributed by atoms with E-state index in [4.69, 9.17) is 5.73 Å². The van der Waals surface area contributed by atoms with Crippen molar-refractivity contribution in [2.45, 2.75) is 53.0 Å². The van der Waals surface area contributed by atoms with E-state index in [-0.39, 0.29) is 0 Å². The monoisotopic (exact) mass is 181 g/mol. The molecule has 0 bridgehead atoms. The van der Waals surface area contributed by atoms with Crippen LogP contribution < -0.4 is 5.73 Å². The normalized spacial score (nSPS) is 22.1. The van der Waals surface area contributed by atoms with Crippen LogP contribution >= 0.6 is 0 Å². The molecule has 0 spiro atoms. The molecule has 0 saturated heterocycles. The van der Waals surface area contributed by atoms with Gasteiger partial charge in [0.2, 0.25) is 0 Å². The second-order valence-corrected chi connectivity index (χ2v) is 3.06. The number of hydrogen-bond donors (Lipinski definition) is 1. The average Bonchev–Trinajstić information content (AvgIpc) is 2.52. The highest BCUT2D eigenvalue weighted by atomic mass is 14.6. The van der Waals surface area contributed by atoms with Crippen molar-refractivity contribution in [1.29, 1.82) is 0 Å². The Bertz CT molecular complexity index is 189. The van der Waals surface area contributed by atoms with E-state index in [0.717, 1.165) is 12.8 Å². The molecule has 0 aliphatic heterocycles. The van der Waals surface area contributed by atoms with Gasteiger partial charge in [-0.2, -0.15) is 0 Å². The molecule has 2 N–H and O–H groups in total. The minimum atomic E-state index is 0.307. The van der Waals surface area contributed by atoms with Gasteiger partial charge in [0.05, 0.1) is 0 Å². The summed E-state index contributed by atoms with van der Waals surface area (Å²) in [5.41, 5.74) is 8.86. The lowest BCUT2D eigenvalue weighted by atomic mass is 10.1. The van der Waals surface area contributed by atoms with Crippen LogP contribution in [0.4, 0.5) is 0 Å². The zero-order valence-corrected chi connectivity index (χ0v) is 9.43. The van der Waals surface area contributed by atoms with Gasteiger partial charge in [-0.1, -0.05) is 38.5 Å². The van der Waals surface area contributed by atoms with Crippen LogP contribution in [0.5, 0.6) is 0 Å². The molecule has 0 fully saturated rings. The largest absolute Gasteiger partial charge is 0.324 e. The molecule has 0 aromatic heterocycles. The van der Waals surface area contributed by atoms with Gasteiger partial charge < -0.3 is 5.73 Å². The van der Waals surface area contributed by atoms with E-state index in [1.807, 2.05) is 20.8 Å². The smallest absolute Gasteiger partial charge is 0.0297 e. The second-order valence-electron chi connectivity index (χ2n) is 3.06. The predicted octanol–water partition coefficient (Wildman–Crippen LogP) is 3.42. The van der Waals surface area contributed by atoms with E-state index in [1.165, 1.54) is 12.0 Å². The zero-order valence-electron chi connectivity index (χ0n) is 9.43. The second kappa shape index (κ2) is 6.90. The summed E-state index contributed by atoms with van der Waals surface area (Å²) >= 11 is 0. The third-order valence-corrected chi connectivity index (χ3v) is 2.34. The number of hydrogen-bond acceptors (Lipinski definition) is 1. The van der Waals surface area contributed by atoms with Gasteiger partial charge in [0.25, 0.3) is 0 Å². The van der Waals surface area contributed by atoms with Crippen LogP contribution in [-0.2, 0) is 0 Å². The molecule has 1 rings (SSSR count). The van der Waals surface area contributed by atoms with Crippen LogP contribution in [-0.4, -0.2) is 6.04 Å². The Kier molecular flexibility index (Phi) is 6.61. The van der Waals surface area contributed by atoms with Crippen molar-refractivity contribution in [2.24, 2.45) is 5.73 Å². The Morgan fingerprint density at radius 2 is 2.08 bits per heavy atom. The topological polar surface area (TPSA) is 26.0 Å². The molecule has 1 aliphatic carbocycles. The van der Waals surface area contributed by atoms with Gasteiger partial charge >= 0.3 is 0 Å². The van der Waals surface area contributed by atoms with E-state index >= 15 is 0 Å². The van der Waals surface area contributed by atoms with Crippen LogP contribution in [0.1, 0.15) is 47.0 Å². The summed E-state index contributed by atoms with van der Waals surface area (Å²) in [5, 5.41) is 0.